The van der Waals surface area contributed by atoms with Crippen molar-refractivity contribution in [3.8, 4) is 5.75 Å². The van der Waals surface area contributed by atoms with E-state index in [0.29, 0.717) is 18.0 Å². The van der Waals surface area contributed by atoms with Gasteiger partial charge >= 0.3 is 0 Å². The molecule has 7 heteroatoms. The first kappa shape index (κ1) is 23.7. The van der Waals surface area contributed by atoms with Crippen LogP contribution in [0.25, 0.3) is 0 Å². The van der Waals surface area contributed by atoms with E-state index in [0.717, 1.165) is 44.6 Å². The molecule has 1 saturated heterocycles. The molecule has 0 aromatic heterocycles. The summed E-state index contributed by atoms with van der Waals surface area (Å²) in [5.74, 6) is 0.848. The molecular weight excluding hydrogens is 408 g/mol. The summed E-state index contributed by atoms with van der Waals surface area (Å²) in [6, 6.07) is 15.4. The number of methoxy groups -OCH3 is 1. The monoisotopic (exact) mass is 437 g/mol. The number of halogens is 1. The number of aryl methyl sites for hydroxylation is 1. The fourth-order valence-corrected chi connectivity index (χ4v) is 4.94. The fraction of sp³-hybridized carbons (Fsp3) is 0.455. The Labute approximate surface area is 181 Å². The first-order chi connectivity index (χ1) is 13.5. The number of unbranched alkanes of at least 4 members (excludes halogenated alkanes) is 1. The van der Waals surface area contributed by atoms with E-state index in [4.69, 9.17) is 4.74 Å². The van der Waals surface area contributed by atoms with Crippen LogP contribution in [0.3, 0.4) is 0 Å². The van der Waals surface area contributed by atoms with Gasteiger partial charge in [-0.15, -0.1) is 0 Å². The summed E-state index contributed by atoms with van der Waals surface area (Å²) in [6.45, 7) is 5.45. The molecule has 2 aromatic rings. The van der Waals surface area contributed by atoms with Crippen LogP contribution in [-0.4, -0.2) is 50.9 Å². The van der Waals surface area contributed by atoms with E-state index in [-0.39, 0.29) is 12.4 Å². The van der Waals surface area contributed by atoms with Crippen LogP contribution in [0.4, 0.5) is 0 Å². The number of sulfonamides is 1. The third kappa shape index (κ3) is 6.19. The molecule has 0 atom stereocenters. The maximum atomic E-state index is 13.0. The molecule has 0 spiro atoms. The third-order valence-electron chi connectivity index (χ3n) is 5.25. The van der Waals surface area contributed by atoms with E-state index in [1.165, 1.54) is 11.1 Å². The minimum absolute atomic E-state index is 0. The highest BCUT2D eigenvalue weighted by Gasteiger charge is 2.28. The second-order valence-corrected chi connectivity index (χ2v) is 9.22. The van der Waals surface area contributed by atoms with Crippen molar-refractivity contribution in [3.63, 3.8) is 0 Å². The van der Waals surface area contributed by atoms with E-state index >= 15 is 0 Å². The van der Waals surface area contributed by atoms with Crippen molar-refractivity contribution in [2.45, 2.75) is 37.6 Å². The van der Waals surface area contributed by atoms with Gasteiger partial charge in [0, 0.05) is 32.7 Å². The molecule has 0 aliphatic carbocycles. The number of nitrogens with zero attached hydrogens (tertiary/aromatic N) is 2. The van der Waals surface area contributed by atoms with Crippen molar-refractivity contribution in [2.75, 3.05) is 33.3 Å². The highest BCUT2D eigenvalue weighted by Crippen LogP contribution is 2.20. The minimum atomic E-state index is -3.42. The number of hydrogen-bond donors (Lipinski definition) is 0. The van der Waals surface area contributed by atoms with Crippen molar-refractivity contribution < 1.29 is 25.6 Å². The van der Waals surface area contributed by atoms with Gasteiger partial charge in [0.05, 0.1) is 12.0 Å². The lowest BCUT2D eigenvalue weighted by molar-refractivity contribution is -0.00000882. The van der Waals surface area contributed by atoms with Gasteiger partial charge in [0.1, 0.15) is 5.75 Å². The zero-order chi connectivity index (χ0) is 20.0. The normalized spacial score (nSPS) is 15.7. The van der Waals surface area contributed by atoms with Crippen molar-refractivity contribution in [1.82, 2.24) is 9.21 Å². The Bertz CT molecular complexity index is 864. The molecule has 29 heavy (non-hydrogen) atoms. The van der Waals surface area contributed by atoms with Gasteiger partial charge < -0.3 is 17.1 Å². The first-order valence-corrected chi connectivity index (χ1v) is 11.4. The Kier molecular flexibility index (Phi) is 8.96. The molecule has 1 fully saturated rings. The van der Waals surface area contributed by atoms with E-state index in [9.17, 15) is 8.42 Å². The first-order valence-electron chi connectivity index (χ1n) is 9.97. The third-order valence-corrected chi connectivity index (χ3v) is 7.16. The molecule has 0 unspecified atom stereocenters. The lowest BCUT2D eigenvalue weighted by atomic mass is 10.1. The van der Waals surface area contributed by atoms with E-state index in [1.807, 2.05) is 30.3 Å². The summed E-state index contributed by atoms with van der Waals surface area (Å²) in [5, 5.41) is 0. The average Bonchev–Trinajstić information content (AvgIpc) is 2.73. The predicted octanol–water partition coefficient (Wildman–Crippen LogP) is 0.548. The van der Waals surface area contributed by atoms with Crippen LogP contribution >= 0.6 is 0 Å². The van der Waals surface area contributed by atoms with Gasteiger partial charge in [-0.05, 0) is 48.2 Å². The molecule has 0 saturated carbocycles. The van der Waals surface area contributed by atoms with Gasteiger partial charge in [0.25, 0.3) is 0 Å². The van der Waals surface area contributed by atoms with Crippen LogP contribution < -0.4 is 17.1 Å². The second kappa shape index (κ2) is 11.0. The van der Waals surface area contributed by atoms with Crippen molar-refractivity contribution >= 4 is 10.0 Å². The molecule has 5 nitrogen and oxygen atoms in total. The van der Waals surface area contributed by atoms with Gasteiger partial charge in [-0.25, -0.2) is 8.42 Å². The lowest BCUT2D eigenvalue weighted by Gasteiger charge is -2.34. The summed E-state index contributed by atoms with van der Waals surface area (Å²) in [4.78, 5) is 2.68. The highest BCUT2D eigenvalue weighted by atomic mass is 35.5. The molecule has 1 heterocycles. The molecule has 1 aliphatic heterocycles. The van der Waals surface area contributed by atoms with Crippen LogP contribution in [0.15, 0.2) is 53.4 Å². The largest absolute Gasteiger partial charge is 1.00 e. The van der Waals surface area contributed by atoms with Gasteiger partial charge in [0.15, 0.2) is 0 Å². The van der Waals surface area contributed by atoms with Gasteiger partial charge in [-0.3, -0.25) is 4.90 Å². The minimum Gasteiger partial charge on any atom is -1.00 e. The Morgan fingerprint density at radius 3 is 2.28 bits per heavy atom. The molecule has 0 bridgehead atoms. The van der Waals surface area contributed by atoms with E-state index in [1.54, 1.807) is 23.5 Å². The molecule has 0 amide bonds. The van der Waals surface area contributed by atoms with Crippen molar-refractivity contribution in [1.29, 1.82) is 0 Å². The molecular formula is C22H30ClN2O3S-. The standard InChI is InChI=1S/C22H30N2O3S.ClH/c1-3-4-6-19-9-11-22(12-10-19)28(25,26)24-15-13-23(14-16-24)18-20-7-5-8-21(17-20)27-2;/h5,7-12,17H,3-4,6,13-16,18H2,1-2H3;1H/p-1. The number of benzene rings is 2. The average molecular weight is 438 g/mol. The van der Waals surface area contributed by atoms with Crippen LogP contribution in [0, 0.1) is 0 Å². The lowest BCUT2D eigenvalue weighted by Crippen LogP contribution is -3.00. The Balaban J connectivity index is 0.00000300. The Morgan fingerprint density at radius 2 is 1.66 bits per heavy atom. The maximum Gasteiger partial charge on any atom is 0.243 e. The zero-order valence-electron chi connectivity index (χ0n) is 17.2. The van der Waals surface area contributed by atoms with Crippen LogP contribution in [0.2, 0.25) is 0 Å². The molecule has 1 aliphatic rings. The molecule has 160 valence electrons. The SMILES string of the molecule is CCCCc1ccc(S(=O)(=O)N2CCN(Cc3cccc(OC)c3)CC2)cc1.[Cl-]. The smallest absolute Gasteiger partial charge is 0.243 e. The molecule has 3 rings (SSSR count). The molecule has 0 N–H and O–H groups in total. The van der Waals surface area contributed by atoms with Crippen molar-refractivity contribution in [3.05, 3.63) is 59.7 Å². The maximum absolute atomic E-state index is 13.0. The topological polar surface area (TPSA) is 49.9 Å². The number of hydrogen-bond acceptors (Lipinski definition) is 4. The van der Waals surface area contributed by atoms with Crippen LogP contribution in [0.1, 0.15) is 30.9 Å². The van der Waals surface area contributed by atoms with Gasteiger partial charge in [-0.1, -0.05) is 37.6 Å². The summed E-state index contributed by atoms with van der Waals surface area (Å²) in [5.41, 5.74) is 2.38. The number of rotatable bonds is 8. The number of piperazine rings is 1. The number of ether oxygens (including phenoxy) is 1. The summed E-state index contributed by atoms with van der Waals surface area (Å²) < 4.78 is 32.8. The molecule has 2 aromatic carbocycles. The summed E-state index contributed by atoms with van der Waals surface area (Å²) >= 11 is 0. The van der Waals surface area contributed by atoms with Crippen LogP contribution in [-0.2, 0) is 23.0 Å². The Morgan fingerprint density at radius 1 is 0.966 bits per heavy atom. The van der Waals surface area contributed by atoms with E-state index < -0.39 is 10.0 Å². The summed E-state index contributed by atoms with van der Waals surface area (Å²) in [6.07, 6.45) is 3.27. The van der Waals surface area contributed by atoms with Crippen LogP contribution in [0.5, 0.6) is 5.75 Å². The van der Waals surface area contributed by atoms with E-state index in [2.05, 4.69) is 17.9 Å². The molecule has 0 radical (unpaired) electrons. The quantitative estimate of drug-likeness (QED) is 0.605. The summed E-state index contributed by atoms with van der Waals surface area (Å²) in [7, 11) is -1.75. The Hall–Kier alpha value is -1.60. The van der Waals surface area contributed by atoms with Crippen molar-refractivity contribution in [2.24, 2.45) is 0 Å². The fourth-order valence-electron chi connectivity index (χ4n) is 3.52. The van der Waals surface area contributed by atoms with Gasteiger partial charge in [0.2, 0.25) is 10.0 Å². The van der Waals surface area contributed by atoms with Gasteiger partial charge in [-0.2, -0.15) is 4.31 Å². The predicted molar refractivity (Wildman–Crippen MR) is 112 cm³/mol. The zero-order valence-corrected chi connectivity index (χ0v) is 18.8. The highest BCUT2D eigenvalue weighted by molar-refractivity contribution is 7.89. The second-order valence-electron chi connectivity index (χ2n) is 7.28.